The summed E-state index contributed by atoms with van der Waals surface area (Å²) in [5.41, 5.74) is 19.9. The molecule has 0 aliphatic rings. The molecule has 0 saturated carbocycles. The molecule has 52 heavy (non-hydrogen) atoms. The predicted molar refractivity (Wildman–Crippen MR) is 245 cm³/mol. The van der Waals surface area contributed by atoms with Crippen LogP contribution in [0.15, 0.2) is 132 Å². The predicted octanol–water partition coefficient (Wildman–Crippen LogP) is 13.9. The fourth-order valence-corrected chi connectivity index (χ4v) is 7.46. The van der Waals surface area contributed by atoms with Crippen LogP contribution in [-0.4, -0.2) is 13.4 Å². The zero-order chi connectivity index (χ0) is 40.5. The molecule has 0 N–H and O–H groups in total. The van der Waals surface area contributed by atoms with Gasteiger partial charge in [0.15, 0.2) is 0 Å². The third-order valence-electron chi connectivity index (χ3n) is 10.1. The summed E-state index contributed by atoms with van der Waals surface area (Å²) in [7, 11) is 0. The molecule has 0 spiro atoms. The third-order valence-corrected chi connectivity index (χ3v) is 10.1. The molecule has 0 radical (unpaired) electrons. The summed E-state index contributed by atoms with van der Waals surface area (Å²) in [5.74, 6) is 0.912. The fraction of sp³-hybridized carbons (Fsp3) is 0.400. The van der Waals surface area contributed by atoms with Gasteiger partial charge in [0.1, 0.15) is 0 Å². The highest BCUT2D eigenvalue weighted by Gasteiger charge is 2.33. The second-order valence-electron chi connectivity index (χ2n) is 15.1. The molecular weight excluding hydrogens is 622 g/mol. The van der Waals surface area contributed by atoms with Gasteiger partial charge in [0.05, 0.1) is 0 Å². The lowest BCUT2D eigenvalue weighted by Gasteiger charge is -2.30. The van der Waals surface area contributed by atoms with Crippen LogP contribution < -0.4 is 10.9 Å². The van der Waals surface area contributed by atoms with Gasteiger partial charge in [-0.25, -0.2) is 0 Å². The first-order valence-electron chi connectivity index (χ1n) is 19.3. The molecule has 2 aromatic rings. The van der Waals surface area contributed by atoms with Crippen molar-refractivity contribution in [3.05, 3.63) is 165 Å². The van der Waals surface area contributed by atoms with Gasteiger partial charge in [0.25, 0.3) is 0 Å². The number of allylic oxidation sites excluding steroid dienone is 14. The molecule has 0 heterocycles. The first kappa shape index (κ1) is 48.2. The van der Waals surface area contributed by atoms with Crippen LogP contribution in [0, 0.1) is 47.5 Å². The summed E-state index contributed by atoms with van der Waals surface area (Å²) in [5, 5.41) is 0. The van der Waals surface area contributed by atoms with E-state index in [1.807, 2.05) is 13.0 Å². The lowest BCUT2D eigenvalue weighted by molar-refractivity contribution is 0.830. The first-order valence-corrected chi connectivity index (χ1v) is 19.3. The minimum Gasteiger partial charge on any atom is -0.104 e. The van der Waals surface area contributed by atoms with E-state index < -0.39 is 0 Å². The Kier molecular flexibility index (Phi) is 22.0. The minimum atomic E-state index is 0.195. The maximum atomic E-state index is 4.29. The Morgan fingerprint density at radius 3 is 1.50 bits per heavy atom. The van der Waals surface area contributed by atoms with E-state index in [0.717, 1.165) is 23.4 Å². The fourth-order valence-electron chi connectivity index (χ4n) is 7.46. The van der Waals surface area contributed by atoms with Crippen molar-refractivity contribution in [1.29, 1.82) is 0 Å². The quantitative estimate of drug-likeness (QED) is 0.111. The van der Waals surface area contributed by atoms with Crippen molar-refractivity contribution in [2.24, 2.45) is 5.92 Å². The Morgan fingerprint density at radius 1 is 0.731 bits per heavy atom. The van der Waals surface area contributed by atoms with E-state index in [0.29, 0.717) is 0 Å². The van der Waals surface area contributed by atoms with Crippen molar-refractivity contribution in [3.63, 3.8) is 0 Å². The molecule has 2 aromatic carbocycles. The zero-order valence-electron chi connectivity index (χ0n) is 36.7. The largest absolute Gasteiger partial charge is 0.236 e. The van der Waals surface area contributed by atoms with Crippen LogP contribution in [0.3, 0.4) is 0 Å². The Balaban J connectivity index is 0.000000884. The SMILES string of the molecule is C/C=C/C(C)C.C=CC(=C)B(/C(C)=C(\C)CC)c1c(C)cc(C)cc1C.C=CC(B(C(/C(C)=C\C)=C(C)/C=C/C)c1c(C)cc(C)cc1C)C(=C)C. The average molecular weight is 697 g/mol. The number of benzene rings is 2. The van der Waals surface area contributed by atoms with Gasteiger partial charge in [-0.05, 0) is 108 Å². The first-order chi connectivity index (χ1) is 24.3. The van der Waals surface area contributed by atoms with Crippen molar-refractivity contribution in [3.8, 4) is 0 Å². The monoisotopic (exact) mass is 697 g/mol. The second kappa shape index (κ2) is 23.7. The standard InChI is InChI=1S/C25H35B.C19H27B.C6H12/c1-11-14-20(8)24(19(7)12-2)26(23(13-3)17(4)5)25-21(9)15-18(6)16-22(25)10;1-9-14(4)18(8)20(17(7)10-2)19-15(5)11-13(3)12-16(19)6;1-4-5-6(2)3/h11-16,23H,3-4H2,1-2,5-10H3;10-12H,2,7,9H2,1,3-6,8H3;4-6H,1-3H3/b14-11+,19-12-,24-20+;18-14+;5-4+. The molecule has 0 aliphatic heterocycles. The highest BCUT2D eigenvalue weighted by molar-refractivity contribution is 6.87. The van der Waals surface area contributed by atoms with E-state index in [9.17, 15) is 0 Å². The van der Waals surface area contributed by atoms with E-state index in [1.165, 1.54) is 72.0 Å². The van der Waals surface area contributed by atoms with Crippen LogP contribution in [0.1, 0.15) is 116 Å². The van der Waals surface area contributed by atoms with Gasteiger partial charge in [0.2, 0.25) is 13.4 Å². The van der Waals surface area contributed by atoms with Crippen molar-refractivity contribution in [1.82, 2.24) is 0 Å². The summed E-state index contributed by atoms with van der Waals surface area (Å²) in [6.45, 7) is 54.1. The zero-order valence-corrected chi connectivity index (χ0v) is 36.7. The topological polar surface area (TPSA) is 0 Å². The summed E-state index contributed by atoms with van der Waals surface area (Å²) >= 11 is 0. The van der Waals surface area contributed by atoms with Gasteiger partial charge in [-0.15, -0.1) is 19.7 Å². The Hall–Kier alpha value is -3.77. The number of aryl methyl sites for hydroxylation is 6. The summed E-state index contributed by atoms with van der Waals surface area (Å²) in [6.07, 6.45) is 15.8. The molecule has 2 rings (SSSR count). The van der Waals surface area contributed by atoms with Crippen molar-refractivity contribution in [2.75, 3.05) is 0 Å². The average Bonchev–Trinajstić information content (AvgIpc) is 3.05. The number of hydrogen-bond donors (Lipinski definition) is 0. The molecule has 0 aliphatic carbocycles. The molecule has 1 unspecified atom stereocenters. The normalized spacial score (nSPS) is 13.0. The molecule has 0 fully saturated rings. The molecule has 2 heteroatoms. The van der Waals surface area contributed by atoms with Crippen LogP contribution in [0.2, 0.25) is 5.82 Å². The lowest BCUT2D eigenvalue weighted by atomic mass is 9.29. The molecule has 1 atom stereocenters. The molecule has 0 aromatic heterocycles. The van der Waals surface area contributed by atoms with Gasteiger partial charge >= 0.3 is 0 Å². The number of hydrogen-bond acceptors (Lipinski definition) is 0. The van der Waals surface area contributed by atoms with Gasteiger partial charge in [0, 0.05) is 0 Å². The van der Waals surface area contributed by atoms with Crippen LogP contribution in [0.4, 0.5) is 0 Å². The molecular formula is C50H74B2. The van der Waals surface area contributed by atoms with Gasteiger partial charge in [-0.2, -0.15) is 0 Å². The lowest BCUT2D eigenvalue weighted by Crippen LogP contribution is -2.41. The van der Waals surface area contributed by atoms with Crippen LogP contribution in [0.25, 0.3) is 0 Å². The maximum absolute atomic E-state index is 4.29. The Bertz CT molecular complexity index is 1650. The van der Waals surface area contributed by atoms with E-state index in [2.05, 4.69) is 198 Å². The molecule has 0 nitrogen and oxygen atoms in total. The Morgan fingerprint density at radius 2 is 1.19 bits per heavy atom. The summed E-state index contributed by atoms with van der Waals surface area (Å²) in [4.78, 5) is 0. The van der Waals surface area contributed by atoms with Gasteiger partial charge in [-0.3, -0.25) is 0 Å². The smallest absolute Gasteiger partial charge is 0.104 e. The highest BCUT2D eigenvalue weighted by Crippen LogP contribution is 2.32. The summed E-state index contributed by atoms with van der Waals surface area (Å²) in [6, 6.07) is 9.11. The second-order valence-corrected chi connectivity index (χ2v) is 15.1. The molecule has 0 amide bonds. The van der Waals surface area contributed by atoms with Crippen LogP contribution in [-0.2, 0) is 0 Å². The highest BCUT2D eigenvalue weighted by atomic mass is 14.1. The van der Waals surface area contributed by atoms with E-state index >= 15 is 0 Å². The van der Waals surface area contributed by atoms with Crippen LogP contribution in [0.5, 0.6) is 0 Å². The van der Waals surface area contributed by atoms with E-state index in [-0.39, 0.29) is 19.2 Å². The van der Waals surface area contributed by atoms with Gasteiger partial charge in [-0.1, -0.05) is 184 Å². The van der Waals surface area contributed by atoms with Crippen molar-refractivity contribution in [2.45, 2.75) is 130 Å². The van der Waals surface area contributed by atoms with E-state index in [1.54, 1.807) is 0 Å². The molecule has 280 valence electrons. The number of rotatable bonds is 13. The van der Waals surface area contributed by atoms with Crippen molar-refractivity contribution < 1.29 is 0 Å². The third kappa shape index (κ3) is 14.0. The maximum Gasteiger partial charge on any atom is 0.236 e. The Labute approximate surface area is 324 Å². The van der Waals surface area contributed by atoms with E-state index in [4.69, 9.17) is 0 Å². The summed E-state index contributed by atoms with van der Waals surface area (Å²) < 4.78 is 0. The molecule has 0 bridgehead atoms. The van der Waals surface area contributed by atoms with Crippen LogP contribution >= 0.6 is 0 Å². The van der Waals surface area contributed by atoms with Crippen molar-refractivity contribution >= 4 is 24.4 Å². The van der Waals surface area contributed by atoms with Gasteiger partial charge < -0.3 is 0 Å². The minimum absolute atomic E-state index is 0.195. The molecule has 0 saturated heterocycles.